The number of carbonyl (C=O) groups excluding carboxylic acids is 1. The van der Waals surface area contributed by atoms with Crippen molar-refractivity contribution < 1.29 is 14.3 Å². The summed E-state index contributed by atoms with van der Waals surface area (Å²) < 4.78 is 9.94. The zero-order valence-electron chi connectivity index (χ0n) is 15.5. The van der Waals surface area contributed by atoms with Crippen molar-refractivity contribution in [2.45, 2.75) is 66.7 Å². The highest BCUT2D eigenvalue weighted by Crippen LogP contribution is 2.24. The molecule has 0 heterocycles. The van der Waals surface area contributed by atoms with E-state index in [1.54, 1.807) is 7.11 Å². The molecule has 0 aliphatic heterocycles. The summed E-state index contributed by atoms with van der Waals surface area (Å²) in [5, 5.41) is 0. The monoisotopic (exact) mass is 310 g/mol. The normalized spacial score (nSPS) is 8.86. The molecule has 0 amide bonds. The van der Waals surface area contributed by atoms with Gasteiger partial charge >= 0.3 is 5.97 Å². The lowest BCUT2D eigenvalue weighted by Crippen LogP contribution is -2.01. The maximum atomic E-state index is 11.0. The summed E-state index contributed by atoms with van der Waals surface area (Å²) in [6.07, 6.45) is 4.71. The Kier molecular flexibility index (Phi) is 16.4. The number of ether oxygens (including phenoxy) is 2. The van der Waals surface area contributed by atoms with Crippen LogP contribution in [-0.2, 0) is 16.0 Å². The van der Waals surface area contributed by atoms with Gasteiger partial charge in [-0.3, -0.25) is 4.79 Å². The molecular weight excluding hydrogens is 276 g/mol. The van der Waals surface area contributed by atoms with E-state index in [1.165, 1.54) is 20.0 Å². The minimum absolute atomic E-state index is 0.161. The number of carbonyl (C=O) groups is 1. The quantitative estimate of drug-likeness (QED) is 0.666. The van der Waals surface area contributed by atoms with Gasteiger partial charge in [0.2, 0.25) is 0 Å². The van der Waals surface area contributed by atoms with E-state index < -0.39 is 0 Å². The molecule has 1 aromatic carbocycles. The smallest absolute Gasteiger partial charge is 0.305 e. The van der Waals surface area contributed by atoms with Gasteiger partial charge in [-0.15, -0.1) is 0 Å². The Morgan fingerprint density at radius 1 is 1.09 bits per heavy atom. The third-order valence-corrected chi connectivity index (χ3v) is 3.05. The summed E-state index contributed by atoms with van der Waals surface area (Å²) in [6, 6.07) is 6.05. The van der Waals surface area contributed by atoms with Crippen LogP contribution in [-0.4, -0.2) is 20.2 Å². The Hall–Kier alpha value is -1.51. The molecule has 0 radical (unpaired) electrons. The van der Waals surface area contributed by atoms with Gasteiger partial charge in [0.25, 0.3) is 0 Å². The van der Waals surface area contributed by atoms with Crippen molar-refractivity contribution in [3.8, 4) is 5.75 Å². The Bertz CT molecular complexity index is 384. The summed E-state index contributed by atoms with van der Waals surface area (Å²) in [5.74, 6) is 0.763. The van der Waals surface area contributed by atoms with Crippen molar-refractivity contribution in [3.63, 3.8) is 0 Å². The van der Waals surface area contributed by atoms with Gasteiger partial charge in [-0.2, -0.15) is 0 Å². The van der Waals surface area contributed by atoms with Gasteiger partial charge in [0.1, 0.15) is 5.75 Å². The Morgan fingerprint density at radius 3 is 2.14 bits per heavy atom. The highest BCUT2D eigenvalue weighted by atomic mass is 16.5. The van der Waals surface area contributed by atoms with Crippen LogP contribution >= 0.6 is 0 Å². The van der Waals surface area contributed by atoms with Crippen LogP contribution in [0.3, 0.4) is 0 Å². The summed E-state index contributed by atoms with van der Waals surface area (Å²) in [6.45, 7) is 10.4. The maximum absolute atomic E-state index is 11.0. The molecule has 0 saturated carbocycles. The van der Waals surface area contributed by atoms with E-state index in [4.69, 9.17) is 4.74 Å². The molecule has 0 saturated heterocycles. The topological polar surface area (TPSA) is 35.5 Å². The molecular formula is C19H34O3. The first-order chi connectivity index (χ1) is 10.6. The highest BCUT2D eigenvalue weighted by molar-refractivity contribution is 5.69. The molecule has 0 bridgehead atoms. The average Bonchev–Trinajstić information content (AvgIpc) is 2.57. The van der Waals surface area contributed by atoms with Gasteiger partial charge in [-0.05, 0) is 30.9 Å². The van der Waals surface area contributed by atoms with Crippen LogP contribution in [0.15, 0.2) is 18.2 Å². The number of hydrogen-bond acceptors (Lipinski definition) is 3. The van der Waals surface area contributed by atoms with Crippen LogP contribution in [0.4, 0.5) is 0 Å². The van der Waals surface area contributed by atoms with E-state index in [-0.39, 0.29) is 5.97 Å². The molecule has 22 heavy (non-hydrogen) atoms. The summed E-state index contributed by atoms with van der Waals surface area (Å²) in [5.41, 5.74) is 2.27. The van der Waals surface area contributed by atoms with Crippen molar-refractivity contribution >= 4 is 5.97 Å². The molecule has 128 valence electrons. The van der Waals surface area contributed by atoms with E-state index in [1.807, 2.05) is 39.0 Å². The van der Waals surface area contributed by atoms with Gasteiger partial charge in [0.05, 0.1) is 14.2 Å². The van der Waals surface area contributed by atoms with Crippen LogP contribution in [0.25, 0.3) is 0 Å². The SMILES string of the molecule is CC.CCCC.COC(=O)CCCc1cccc(C)c1OC. The Balaban J connectivity index is 0. The predicted octanol–water partition coefficient (Wildman–Crippen LogP) is 5.33. The fourth-order valence-electron chi connectivity index (χ4n) is 1.73. The fraction of sp³-hybridized carbons (Fsp3) is 0.632. The molecule has 0 fully saturated rings. The van der Waals surface area contributed by atoms with Crippen LogP contribution < -0.4 is 4.74 Å². The Labute approximate surface area is 137 Å². The molecule has 0 aromatic heterocycles. The minimum Gasteiger partial charge on any atom is -0.496 e. The average molecular weight is 310 g/mol. The Morgan fingerprint density at radius 2 is 1.68 bits per heavy atom. The number of rotatable bonds is 6. The minimum atomic E-state index is -0.161. The standard InChI is InChI=1S/C13H18O3.C4H10.C2H6/c1-10-6-4-7-11(13(10)16-3)8-5-9-12(14)15-2;1-3-4-2;1-2/h4,6-7H,5,8-9H2,1-3H3;3-4H2,1-2H3;1-2H3. The summed E-state index contributed by atoms with van der Waals surface area (Å²) in [4.78, 5) is 11.0. The first kappa shape index (κ1) is 22.8. The molecule has 0 atom stereocenters. The largest absolute Gasteiger partial charge is 0.496 e. The van der Waals surface area contributed by atoms with Crippen LogP contribution in [0.1, 0.15) is 64.5 Å². The maximum Gasteiger partial charge on any atom is 0.305 e. The predicted molar refractivity (Wildman–Crippen MR) is 94.6 cm³/mol. The van der Waals surface area contributed by atoms with Crippen molar-refractivity contribution in [1.29, 1.82) is 0 Å². The molecule has 0 spiro atoms. The summed E-state index contributed by atoms with van der Waals surface area (Å²) >= 11 is 0. The van der Waals surface area contributed by atoms with Gasteiger partial charge in [0, 0.05) is 6.42 Å². The second-order valence-electron chi connectivity index (χ2n) is 4.70. The first-order valence-electron chi connectivity index (χ1n) is 8.29. The third-order valence-electron chi connectivity index (χ3n) is 3.05. The molecule has 1 aromatic rings. The van der Waals surface area contributed by atoms with Gasteiger partial charge in [-0.25, -0.2) is 0 Å². The molecule has 3 heteroatoms. The number of hydrogen-bond donors (Lipinski definition) is 0. The fourth-order valence-corrected chi connectivity index (χ4v) is 1.73. The van der Waals surface area contributed by atoms with Crippen LogP contribution in [0, 0.1) is 6.92 Å². The van der Waals surface area contributed by atoms with Gasteiger partial charge in [-0.1, -0.05) is 58.7 Å². The number of para-hydroxylation sites is 1. The highest BCUT2D eigenvalue weighted by Gasteiger charge is 2.06. The number of unbranched alkanes of at least 4 members (excludes halogenated alkanes) is 1. The zero-order valence-corrected chi connectivity index (χ0v) is 15.5. The van der Waals surface area contributed by atoms with Crippen molar-refractivity contribution in [3.05, 3.63) is 29.3 Å². The lowest BCUT2D eigenvalue weighted by molar-refractivity contribution is -0.140. The molecule has 0 unspecified atom stereocenters. The molecule has 3 nitrogen and oxygen atoms in total. The zero-order chi connectivity index (χ0) is 17.4. The molecule has 0 aliphatic rings. The number of aryl methyl sites for hydroxylation is 2. The van der Waals surface area contributed by atoms with Crippen LogP contribution in [0.2, 0.25) is 0 Å². The van der Waals surface area contributed by atoms with Crippen LogP contribution in [0.5, 0.6) is 5.75 Å². The number of esters is 1. The van der Waals surface area contributed by atoms with Gasteiger partial charge < -0.3 is 9.47 Å². The second-order valence-corrected chi connectivity index (χ2v) is 4.70. The summed E-state index contributed by atoms with van der Waals surface area (Å²) in [7, 11) is 3.09. The third kappa shape index (κ3) is 10.3. The lowest BCUT2D eigenvalue weighted by Gasteiger charge is -2.10. The van der Waals surface area contributed by atoms with Crippen molar-refractivity contribution in [2.24, 2.45) is 0 Å². The molecule has 1 rings (SSSR count). The van der Waals surface area contributed by atoms with E-state index in [0.717, 1.165) is 29.7 Å². The molecule has 0 aliphatic carbocycles. The van der Waals surface area contributed by atoms with Crippen molar-refractivity contribution in [1.82, 2.24) is 0 Å². The second kappa shape index (κ2) is 15.9. The van der Waals surface area contributed by atoms with E-state index >= 15 is 0 Å². The van der Waals surface area contributed by atoms with Crippen molar-refractivity contribution in [2.75, 3.05) is 14.2 Å². The number of methoxy groups -OCH3 is 2. The lowest BCUT2D eigenvalue weighted by atomic mass is 10.0. The van der Waals surface area contributed by atoms with E-state index in [9.17, 15) is 4.79 Å². The number of benzene rings is 1. The van der Waals surface area contributed by atoms with E-state index in [2.05, 4.69) is 18.6 Å². The van der Waals surface area contributed by atoms with E-state index in [0.29, 0.717) is 6.42 Å². The van der Waals surface area contributed by atoms with Gasteiger partial charge in [0.15, 0.2) is 0 Å². The molecule has 0 N–H and O–H groups in total. The first-order valence-corrected chi connectivity index (χ1v) is 8.29.